The first-order chi connectivity index (χ1) is 6.99. The predicted molar refractivity (Wildman–Crippen MR) is 68.4 cm³/mol. The summed E-state index contributed by atoms with van der Waals surface area (Å²) >= 11 is 4.38. The van der Waals surface area contributed by atoms with E-state index in [0.717, 1.165) is 13.0 Å². The van der Waals surface area contributed by atoms with Crippen molar-refractivity contribution < 1.29 is 0 Å². The van der Waals surface area contributed by atoms with Crippen LogP contribution < -0.4 is 0 Å². The van der Waals surface area contributed by atoms with E-state index in [2.05, 4.69) is 56.3 Å². The molecule has 0 saturated heterocycles. The zero-order chi connectivity index (χ0) is 11.4. The lowest BCUT2D eigenvalue weighted by molar-refractivity contribution is 0.349. The smallest absolute Gasteiger partial charge is 0.0522 e. The number of thiol groups is 1. The van der Waals surface area contributed by atoms with Crippen LogP contribution >= 0.6 is 12.6 Å². The maximum absolute atomic E-state index is 4.38. The first-order valence-electron chi connectivity index (χ1n) is 5.68. The third-order valence-electron chi connectivity index (χ3n) is 2.83. The van der Waals surface area contributed by atoms with Gasteiger partial charge < -0.3 is 0 Å². The lowest BCUT2D eigenvalue weighted by Crippen LogP contribution is -2.13. The summed E-state index contributed by atoms with van der Waals surface area (Å²) in [6.45, 7) is 9.90. The lowest BCUT2D eigenvalue weighted by Gasteiger charge is -2.14. The zero-order valence-corrected chi connectivity index (χ0v) is 11.0. The molecule has 0 aliphatic heterocycles. The van der Waals surface area contributed by atoms with Gasteiger partial charge in [0.25, 0.3) is 0 Å². The molecule has 0 aliphatic carbocycles. The molecule has 0 spiro atoms. The highest BCUT2D eigenvalue weighted by molar-refractivity contribution is 7.80. The molecule has 0 fully saturated rings. The van der Waals surface area contributed by atoms with Crippen LogP contribution in [0, 0.1) is 11.8 Å². The van der Waals surface area contributed by atoms with Gasteiger partial charge in [-0.05, 0) is 23.8 Å². The second kappa shape index (κ2) is 5.59. The van der Waals surface area contributed by atoms with E-state index in [1.54, 1.807) is 0 Å². The van der Waals surface area contributed by atoms with Crippen LogP contribution in [0.15, 0.2) is 12.4 Å². The molecule has 1 aromatic heterocycles. The van der Waals surface area contributed by atoms with Crippen molar-refractivity contribution in [3.63, 3.8) is 0 Å². The zero-order valence-electron chi connectivity index (χ0n) is 10.1. The van der Waals surface area contributed by atoms with Gasteiger partial charge in [0.05, 0.1) is 6.20 Å². The van der Waals surface area contributed by atoms with Crippen molar-refractivity contribution in [3.8, 4) is 0 Å². The van der Waals surface area contributed by atoms with Gasteiger partial charge in [-0.15, -0.1) is 0 Å². The lowest BCUT2D eigenvalue weighted by atomic mass is 9.98. The van der Waals surface area contributed by atoms with Crippen LogP contribution in [0.5, 0.6) is 0 Å². The van der Waals surface area contributed by atoms with E-state index in [1.807, 2.05) is 6.20 Å². The third-order valence-corrected chi connectivity index (χ3v) is 3.01. The highest BCUT2D eigenvalue weighted by Gasteiger charge is 2.09. The van der Waals surface area contributed by atoms with Crippen LogP contribution in [0.3, 0.4) is 0 Å². The molecule has 0 radical (unpaired) electrons. The van der Waals surface area contributed by atoms with Crippen LogP contribution in [-0.2, 0) is 13.0 Å². The van der Waals surface area contributed by atoms with Crippen LogP contribution in [0.4, 0.5) is 0 Å². The Morgan fingerprint density at radius 3 is 2.53 bits per heavy atom. The number of hydrogen-bond acceptors (Lipinski definition) is 2. The molecular weight excluding hydrogens is 204 g/mol. The maximum Gasteiger partial charge on any atom is 0.0522 e. The fourth-order valence-electron chi connectivity index (χ4n) is 1.46. The molecule has 86 valence electrons. The quantitative estimate of drug-likeness (QED) is 0.764. The van der Waals surface area contributed by atoms with E-state index < -0.39 is 0 Å². The van der Waals surface area contributed by atoms with Gasteiger partial charge >= 0.3 is 0 Å². The van der Waals surface area contributed by atoms with Crippen molar-refractivity contribution in [2.45, 2.75) is 45.9 Å². The van der Waals surface area contributed by atoms with E-state index >= 15 is 0 Å². The van der Waals surface area contributed by atoms with Gasteiger partial charge in [-0.3, -0.25) is 4.68 Å². The standard InChI is InChI=1S/C12H22N2S/c1-9(2)10(3)7-14-8-12(6-13-14)5-11(4)15/h6,8-11,15H,5,7H2,1-4H3/t10-,11?/m1/s1. The molecular formula is C12H22N2S. The summed E-state index contributed by atoms with van der Waals surface area (Å²) < 4.78 is 2.05. The number of nitrogens with zero attached hydrogens (tertiary/aromatic N) is 2. The molecule has 2 nitrogen and oxygen atoms in total. The fourth-order valence-corrected chi connectivity index (χ4v) is 1.67. The van der Waals surface area contributed by atoms with Crippen LogP contribution in [0.2, 0.25) is 0 Å². The second-order valence-corrected chi connectivity index (χ2v) is 5.73. The average Bonchev–Trinajstić information content (AvgIpc) is 2.51. The minimum absolute atomic E-state index is 0.408. The van der Waals surface area contributed by atoms with Crippen LogP contribution in [0.1, 0.15) is 33.3 Å². The molecule has 1 heterocycles. The Hall–Kier alpha value is -0.440. The number of aromatic nitrogens is 2. The van der Waals surface area contributed by atoms with Gasteiger partial charge in [-0.25, -0.2) is 0 Å². The van der Waals surface area contributed by atoms with E-state index in [-0.39, 0.29) is 0 Å². The molecule has 2 atom stereocenters. The molecule has 0 amide bonds. The van der Waals surface area contributed by atoms with Crippen molar-refractivity contribution >= 4 is 12.6 Å². The summed E-state index contributed by atoms with van der Waals surface area (Å²) in [6.07, 6.45) is 5.10. The molecule has 0 N–H and O–H groups in total. The van der Waals surface area contributed by atoms with Gasteiger partial charge in [0, 0.05) is 18.0 Å². The maximum atomic E-state index is 4.38. The summed E-state index contributed by atoms with van der Waals surface area (Å²) in [7, 11) is 0. The molecule has 1 rings (SSSR count). The van der Waals surface area contributed by atoms with Crippen molar-refractivity contribution in [2.75, 3.05) is 0 Å². The van der Waals surface area contributed by atoms with E-state index in [1.165, 1.54) is 5.56 Å². The summed E-state index contributed by atoms with van der Waals surface area (Å²) in [4.78, 5) is 0. The first-order valence-corrected chi connectivity index (χ1v) is 6.20. The highest BCUT2D eigenvalue weighted by atomic mass is 32.1. The van der Waals surface area contributed by atoms with Gasteiger partial charge in [0.15, 0.2) is 0 Å². The largest absolute Gasteiger partial charge is 0.272 e. The Morgan fingerprint density at radius 1 is 1.33 bits per heavy atom. The van der Waals surface area contributed by atoms with Gasteiger partial charge in [-0.2, -0.15) is 17.7 Å². The highest BCUT2D eigenvalue weighted by Crippen LogP contribution is 2.13. The Balaban J connectivity index is 2.53. The predicted octanol–water partition coefficient (Wildman–Crippen LogP) is 3.04. The van der Waals surface area contributed by atoms with Crippen molar-refractivity contribution in [1.82, 2.24) is 9.78 Å². The monoisotopic (exact) mass is 226 g/mol. The van der Waals surface area contributed by atoms with E-state index in [4.69, 9.17) is 0 Å². The molecule has 0 bridgehead atoms. The van der Waals surface area contributed by atoms with E-state index in [0.29, 0.717) is 17.1 Å². The molecule has 15 heavy (non-hydrogen) atoms. The molecule has 1 unspecified atom stereocenters. The summed E-state index contributed by atoms with van der Waals surface area (Å²) in [5.74, 6) is 1.38. The Morgan fingerprint density at radius 2 is 2.00 bits per heavy atom. The van der Waals surface area contributed by atoms with Crippen molar-refractivity contribution in [3.05, 3.63) is 18.0 Å². The average molecular weight is 226 g/mol. The third kappa shape index (κ3) is 4.29. The van der Waals surface area contributed by atoms with Crippen LogP contribution in [0.25, 0.3) is 0 Å². The van der Waals surface area contributed by atoms with Crippen molar-refractivity contribution in [2.24, 2.45) is 11.8 Å². The Labute approximate surface area is 98.5 Å². The topological polar surface area (TPSA) is 17.8 Å². The van der Waals surface area contributed by atoms with Gasteiger partial charge in [-0.1, -0.05) is 27.7 Å². The first kappa shape index (κ1) is 12.6. The van der Waals surface area contributed by atoms with Crippen molar-refractivity contribution in [1.29, 1.82) is 0 Å². The molecule has 1 aromatic rings. The minimum Gasteiger partial charge on any atom is -0.272 e. The number of hydrogen-bond donors (Lipinski definition) is 1. The summed E-state index contributed by atoms with van der Waals surface area (Å²) in [5.41, 5.74) is 1.29. The number of rotatable bonds is 5. The Kier molecular flexibility index (Phi) is 4.71. The SMILES string of the molecule is CC(S)Cc1cnn(C[C@@H](C)C(C)C)c1. The second-order valence-electron chi connectivity index (χ2n) is 4.85. The Bertz CT molecular complexity index is 292. The normalized spacial score (nSPS) is 15.6. The summed E-state index contributed by atoms with van der Waals surface area (Å²) in [6, 6.07) is 0. The fraction of sp³-hybridized carbons (Fsp3) is 0.750. The van der Waals surface area contributed by atoms with Gasteiger partial charge in [0.1, 0.15) is 0 Å². The molecule has 0 aromatic carbocycles. The van der Waals surface area contributed by atoms with E-state index in [9.17, 15) is 0 Å². The molecule has 0 aliphatic rings. The van der Waals surface area contributed by atoms with Crippen LogP contribution in [-0.4, -0.2) is 15.0 Å². The van der Waals surface area contributed by atoms with Gasteiger partial charge in [0.2, 0.25) is 0 Å². The minimum atomic E-state index is 0.408. The molecule has 0 saturated carbocycles. The molecule has 3 heteroatoms. The summed E-state index contributed by atoms with van der Waals surface area (Å²) in [5, 5.41) is 4.78.